The van der Waals surface area contributed by atoms with Gasteiger partial charge >= 0.3 is 0 Å². The molecule has 9 heteroatoms. The number of benzene rings is 3. The fourth-order valence-electron chi connectivity index (χ4n) is 6.06. The van der Waals surface area contributed by atoms with Crippen molar-refractivity contribution in [2.75, 3.05) is 87.8 Å². The Kier molecular flexibility index (Phi) is 11.1. The van der Waals surface area contributed by atoms with E-state index in [0.717, 1.165) is 88.1 Å². The lowest BCUT2D eigenvalue weighted by Crippen LogP contribution is -2.47. The van der Waals surface area contributed by atoms with Crippen LogP contribution in [-0.2, 0) is 9.53 Å². The lowest BCUT2D eigenvalue weighted by atomic mass is 9.95. The lowest BCUT2D eigenvalue weighted by molar-refractivity contribution is -0.117. The summed E-state index contributed by atoms with van der Waals surface area (Å²) in [6.07, 6.45) is 1.55. The molecule has 2 N–H and O–H groups in total. The van der Waals surface area contributed by atoms with Crippen molar-refractivity contribution in [1.29, 1.82) is 0 Å². The molecule has 0 aliphatic carbocycles. The fourth-order valence-corrected chi connectivity index (χ4v) is 6.06. The van der Waals surface area contributed by atoms with Crippen molar-refractivity contribution in [2.24, 2.45) is 0 Å². The highest BCUT2D eigenvalue weighted by atomic mass is 16.5. The van der Waals surface area contributed by atoms with Crippen LogP contribution >= 0.6 is 0 Å². The minimum absolute atomic E-state index is 0.0752. The van der Waals surface area contributed by atoms with E-state index in [1.807, 2.05) is 73.7 Å². The van der Waals surface area contributed by atoms with Gasteiger partial charge in [0.05, 0.1) is 37.5 Å². The van der Waals surface area contributed by atoms with Gasteiger partial charge in [-0.25, -0.2) is 0 Å². The maximum absolute atomic E-state index is 13.7. The van der Waals surface area contributed by atoms with Crippen molar-refractivity contribution in [3.8, 4) is 5.75 Å². The Balaban J connectivity index is 1.30. The molecular weight excluding hydrogens is 554 g/mol. The van der Waals surface area contributed by atoms with E-state index < -0.39 is 0 Å². The number of carbonyl (C=O) groups excluding carboxylic acids is 2. The largest absolute Gasteiger partial charge is 0.495 e. The van der Waals surface area contributed by atoms with Crippen LogP contribution in [0.3, 0.4) is 0 Å². The number of anilines is 3. The van der Waals surface area contributed by atoms with Crippen LogP contribution in [0.5, 0.6) is 5.75 Å². The highest BCUT2D eigenvalue weighted by Crippen LogP contribution is 2.31. The molecule has 2 amide bonds. The van der Waals surface area contributed by atoms with Gasteiger partial charge in [0.15, 0.2) is 0 Å². The average Bonchev–Trinajstić information content (AvgIpc) is 3.08. The first-order valence-electron chi connectivity index (χ1n) is 15.8. The topological polar surface area (TPSA) is 86.4 Å². The first kappa shape index (κ1) is 31.3. The molecule has 9 nitrogen and oxygen atoms in total. The first-order valence-corrected chi connectivity index (χ1v) is 15.8. The van der Waals surface area contributed by atoms with E-state index in [9.17, 15) is 9.59 Å². The Morgan fingerprint density at radius 1 is 0.864 bits per heavy atom. The van der Waals surface area contributed by atoms with E-state index in [0.29, 0.717) is 24.2 Å². The van der Waals surface area contributed by atoms with Crippen LogP contribution in [0, 0.1) is 0 Å². The minimum Gasteiger partial charge on any atom is -0.495 e. The van der Waals surface area contributed by atoms with Crippen molar-refractivity contribution in [3.05, 3.63) is 83.9 Å². The molecule has 2 fully saturated rings. The molecule has 5 rings (SSSR count). The van der Waals surface area contributed by atoms with E-state index in [1.165, 1.54) is 0 Å². The van der Waals surface area contributed by atoms with Crippen LogP contribution in [0.4, 0.5) is 17.1 Å². The molecule has 0 spiro atoms. The number of rotatable bonds is 12. The first-order chi connectivity index (χ1) is 21.6. The standard InChI is InChI=1S/C35H45N5O4/c1-3-29(27-10-5-4-6-11-27)35(42)37-28-14-15-31(30(26-28)34(41)36-16-9-17-38-22-24-44-25-23-38)39-18-20-40(21-19-39)32-12-7-8-13-33(32)43-2/h4-8,10-15,26,29H,3,9,16-25H2,1-2H3,(H,36,41)(H,37,42). The Hall–Kier alpha value is -4.08. The summed E-state index contributed by atoms with van der Waals surface area (Å²) in [5.74, 6) is 0.393. The normalized spacial score (nSPS) is 16.3. The molecule has 2 heterocycles. The summed E-state index contributed by atoms with van der Waals surface area (Å²) in [6, 6.07) is 23.6. The predicted molar refractivity (Wildman–Crippen MR) is 176 cm³/mol. The second-order valence-corrected chi connectivity index (χ2v) is 11.3. The van der Waals surface area contributed by atoms with Crippen LogP contribution in [0.15, 0.2) is 72.8 Å². The molecular formula is C35H45N5O4. The van der Waals surface area contributed by atoms with Gasteiger partial charge in [-0.2, -0.15) is 0 Å². The number of amides is 2. The van der Waals surface area contributed by atoms with E-state index >= 15 is 0 Å². The Morgan fingerprint density at radius 2 is 1.55 bits per heavy atom. The number of piperazine rings is 1. The van der Waals surface area contributed by atoms with Crippen molar-refractivity contribution in [1.82, 2.24) is 10.2 Å². The summed E-state index contributed by atoms with van der Waals surface area (Å²) in [6.45, 7) is 10.0. The molecule has 1 atom stereocenters. The van der Waals surface area contributed by atoms with Gasteiger partial charge in [0.2, 0.25) is 5.91 Å². The van der Waals surface area contributed by atoms with Gasteiger partial charge in [-0.15, -0.1) is 0 Å². The van der Waals surface area contributed by atoms with Crippen LogP contribution < -0.4 is 25.2 Å². The molecule has 234 valence electrons. The number of ether oxygens (including phenoxy) is 2. The molecule has 2 aliphatic rings. The average molecular weight is 600 g/mol. The third-order valence-electron chi connectivity index (χ3n) is 8.52. The molecule has 0 radical (unpaired) electrons. The number of morpholine rings is 1. The van der Waals surface area contributed by atoms with Gasteiger partial charge in [-0.3, -0.25) is 14.5 Å². The molecule has 44 heavy (non-hydrogen) atoms. The number of hydrogen-bond donors (Lipinski definition) is 2. The third kappa shape index (κ3) is 7.89. The van der Waals surface area contributed by atoms with Gasteiger partial charge in [-0.05, 0) is 55.3 Å². The number of carbonyl (C=O) groups is 2. The monoisotopic (exact) mass is 599 g/mol. The van der Waals surface area contributed by atoms with Gasteiger partial charge < -0.3 is 29.9 Å². The van der Waals surface area contributed by atoms with Crippen molar-refractivity contribution in [3.63, 3.8) is 0 Å². The fraction of sp³-hybridized carbons (Fsp3) is 0.429. The Labute approximate surface area is 261 Å². The molecule has 3 aromatic carbocycles. The predicted octanol–water partition coefficient (Wildman–Crippen LogP) is 4.61. The maximum Gasteiger partial charge on any atom is 0.253 e. The molecule has 3 aromatic rings. The zero-order valence-electron chi connectivity index (χ0n) is 26.0. The third-order valence-corrected chi connectivity index (χ3v) is 8.52. The summed E-state index contributed by atoms with van der Waals surface area (Å²) < 4.78 is 11.0. The number of nitrogens with one attached hydrogen (secondary N) is 2. The maximum atomic E-state index is 13.7. The van der Waals surface area contributed by atoms with Crippen molar-refractivity contribution >= 4 is 28.9 Å². The summed E-state index contributed by atoms with van der Waals surface area (Å²) in [5, 5.41) is 6.24. The highest BCUT2D eigenvalue weighted by molar-refractivity contribution is 6.03. The van der Waals surface area contributed by atoms with Gasteiger partial charge in [0.25, 0.3) is 5.91 Å². The van der Waals surface area contributed by atoms with Gasteiger partial charge in [0.1, 0.15) is 5.75 Å². The van der Waals surface area contributed by atoms with Gasteiger partial charge in [0, 0.05) is 57.2 Å². The summed E-state index contributed by atoms with van der Waals surface area (Å²) in [4.78, 5) is 34.0. The van der Waals surface area contributed by atoms with E-state index in [1.54, 1.807) is 7.11 Å². The SMILES string of the molecule is CCC(C(=O)Nc1ccc(N2CCN(c3ccccc3OC)CC2)c(C(=O)NCCCN2CCOCC2)c1)c1ccccc1. The number of methoxy groups -OCH3 is 1. The summed E-state index contributed by atoms with van der Waals surface area (Å²) in [5.41, 5.74) is 4.14. The van der Waals surface area contributed by atoms with Crippen LogP contribution in [0.1, 0.15) is 41.6 Å². The van der Waals surface area contributed by atoms with Crippen LogP contribution in [0.25, 0.3) is 0 Å². The highest BCUT2D eigenvalue weighted by Gasteiger charge is 2.25. The molecule has 0 bridgehead atoms. The second-order valence-electron chi connectivity index (χ2n) is 11.3. The van der Waals surface area contributed by atoms with Gasteiger partial charge in [-0.1, -0.05) is 49.4 Å². The molecule has 0 aromatic heterocycles. The number of para-hydroxylation sites is 2. The van der Waals surface area contributed by atoms with E-state index in [2.05, 4.69) is 31.4 Å². The molecule has 0 saturated carbocycles. The van der Waals surface area contributed by atoms with Crippen LogP contribution in [-0.4, -0.2) is 89.4 Å². The van der Waals surface area contributed by atoms with Crippen molar-refractivity contribution < 1.29 is 19.1 Å². The van der Waals surface area contributed by atoms with Crippen molar-refractivity contribution in [2.45, 2.75) is 25.7 Å². The molecule has 1 unspecified atom stereocenters. The smallest absolute Gasteiger partial charge is 0.253 e. The molecule has 2 aliphatic heterocycles. The minimum atomic E-state index is -0.267. The molecule has 2 saturated heterocycles. The van der Waals surface area contributed by atoms with E-state index in [4.69, 9.17) is 9.47 Å². The van der Waals surface area contributed by atoms with E-state index in [-0.39, 0.29) is 17.7 Å². The lowest BCUT2D eigenvalue weighted by Gasteiger charge is -2.38. The quantitative estimate of drug-likeness (QED) is 0.294. The van der Waals surface area contributed by atoms with Crippen LogP contribution in [0.2, 0.25) is 0 Å². The zero-order chi connectivity index (χ0) is 30.7. The number of hydrogen-bond acceptors (Lipinski definition) is 7. The summed E-state index contributed by atoms with van der Waals surface area (Å²) >= 11 is 0. The Bertz CT molecular complexity index is 1370. The Morgan fingerprint density at radius 3 is 2.25 bits per heavy atom. The second kappa shape index (κ2) is 15.6. The summed E-state index contributed by atoms with van der Waals surface area (Å²) in [7, 11) is 1.70. The zero-order valence-corrected chi connectivity index (χ0v) is 26.0. The number of nitrogens with zero attached hydrogens (tertiary/aromatic N) is 3.